The summed E-state index contributed by atoms with van der Waals surface area (Å²) in [7, 11) is 0. The van der Waals surface area contributed by atoms with Crippen molar-refractivity contribution in [3.63, 3.8) is 0 Å². The van der Waals surface area contributed by atoms with Gasteiger partial charge < -0.3 is 10.0 Å². The van der Waals surface area contributed by atoms with Crippen LogP contribution < -0.4 is 0 Å². The molecule has 1 aliphatic heterocycles. The van der Waals surface area contributed by atoms with E-state index < -0.39 is 6.10 Å². The number of aliphatic hydroxyl groups is 1. The molecule has 0 spiro atoms. The molecule has 0 aromatic heterocycles. The number of nitrogens with zero attached hydrogens (tertiary/aromatic N) is 1. The molecule has 0 saturated carbocycles. The van der Waals surface area contributed by atoms with E-state index in [0.29, 0.717) is 16.5 Å². The van der Waals surface area contributed by atoms with Crippen molar-refractivity contribution in [2.45, 2.75) is 38.7 Å². The minimum Gasteiger partial charge on any atom is -0.388 e. The highest BCUT2D eigenvalue weighted by Gasteiger charge is 2.19. The van der Waals surface area contributed by atoms with E-state index in [1.807, 2.05) is 12.1 Å². The lowest BCUT2D eigenvalue weighted by Crippen LogP contribution is -2.34. The normalized spacial score (nSPS) is 19.2. The average molecular weight is 316 g/mol. The summed E-state index contributed by atoms with van der Waals surface area (Å²) >= 11 is 12.1. The minimum atomic E-state index is -0.537. The second-order valence-electron chi connectivity index (χ2n) is 5.64. The Morgan fingerprint density at radius 2 is 2.00 bits per heavy atom. The van der Waals surface area contributed by atoms with E-state index in [9.17, 15) is 5.11 Å². The second-order valence-corrected chi connectivity index (χ2v) is 6.43. The van der Waals surface area contributed by atoms with Crippen LogP contribution in [0.3, 0.4) is 0 Å². The Hall–Kier alpha value is -0.280. The quantitative estimate of drug-likeness (QED) is 0.862. The summed E-state index contributed by atoms with van der Waals surface area (Å²) in [6.45, 7) is 5.48. The molecule has 1 saturated heterocycles. The summed E-state index contributed by atoms with van der Waals surface area (Å²) in [4.78, 5) is 2.44. The van der Waals surface area contributed by atoms with Crippen LogP contribution in [0.5, 0.6) is 0 Å². The van der Waals surface area contributed by atoms with Crippen LogP contribution in [0.4, 0.5) is 0 Å². The predicted molar refractivity (Wildman–Crippen MR) is 85.5 cm³/mol. The fraction of sp³-hybridized carbons (Fsp3) is 0.625. The minimum absolute atomic E-state index is 0.478. The summed E-state index contributed by atoms with van der Waals surface area (Å²) in [5, 5.41) is 11.3. The molecule has 20 heavy (non-hydrogen) atoms. The van der Waals surface area contributed by atoms with Gasteiger partial charge in [-0.25, -0.2) is 0 Å². The first-order valence-corrected chi connectivity index (χ1v) is 8.21. The third kappa shape index (κ3) is 4.11. The van der Waals surface area contributed by atoms with Gasteiger partial charge >= 0.3 is 0 Å². The smallest absolute Gasteiger partial charge is 0.0817 e. The molecule has 112 valence electrons. The second kappa shape index (κ2) is 7.65. The summed E-state index contributed by atoms with van der Waals surface area (Å²) in [6.07, 6.45) is 4.02. The number of halogens is 2. The molecule has 0 radical (unpaired) electrons. The van der Waals surface area contributed by atoms with Gasteiger partial charge in [-0.15, -0.1) is 0 Å². The van der Waals surface area contributed by atoms with Crippen molar-refractivity contribution < 1.29 is 5.11 Å². The summed E-state index contributed by atoms with van der Waals surface area (Å²) in [5.41, 5.74) is 0.739. The lowest BCUT2D eigenvalue weighted by atomic mass is 9.94. The van der Waals surface area contributed by atoms with Gasteiger partial charge in [0.25, 0.3) is 0 Å². The molecule has 0 bridgehead atoms. The van der Waals surface area contributed by atoms with Crippen molar-refractivity contribution in [3.05, 3.63) is 33.8 Å². The van der Waals surface area contributed by atoms with E-state index in [1.165, 1.54) is 19.3 Å². The van der Waals surface area contributed by atoms with E-state index in [4.69, 9.17) is 23.2 Å². The fourth-order valence-corrected chi connectivity index (χ4v) is 3.29. The molecule has 1 aromatic carbocycles. The van der Waals surface area contributed by atoms with Gasteiger partial charge in [0, 0.05) is 12.1 Å². The van der Waals surface area contributed by atoms with Crippen LogP contribution in [-0.4, -0.2) is 29.6 Å². The molecule has 1 unspecified atom stereocenters. The maximum Gasteiger partial charge on any atom is 0.0817 e. The zero-order chi connectivity index (χ0) is 14.5. The molecule has 2 rings (SSSR count). The lowest BCUT2D eigenvalue weighted by Gasteiger charge is -2.32. The number of piperidine rings is 1. The number of rotatable bonds is 5. The molecule has 1 N–H and O–H groups in total. The SMILES string of the molecule is CCC1CCN(CCC(O)c2cccc(Cl)c2Cl)CC1. The van der Waals surface area contributed by atoms with Gasteiger partial charge in [0.1, 0.15) is 0 Å². The van der Waals surface area contributed by atoms with Crippen molar-refractivity contribution in [1.29, 1.82) is 0 Å². The van der Waals surface area contributed by atoms with E-state index in [1.54, 1.807) is 6.07 Å². The number of benzene rings is 1. The third-order valence-corrected chi connectivity index (χ3v) is 5.18. The monoisotopic (exact) mass is 315 g/mol. The Morgan fingerprint density at radius 1 is 1.30 bits per heavy atom. The van der Waals surface area contributed by atoms with E-state index >= 15 is 0 Å². The molecule has 1 aromatic rings. The predicted octanol–water partition coefficient (Wildman–Crippen LogP) is 4.54. The summed E-state index contributed by atoms with van der Waals surface area (Å²) < 4.78 is 0. The van der Waals surface area contributed by atoms with Gasteiger partial charge in [-0.3, -0.25) is 0 Å². The molecule has 4 heteroatoms. The van der Waals surface area contributed by atoms with Gasteiger partial charge in [-0.05, 0) is 44.3 Å². The molecule has 1 heterocycles. The molecule has 1 aliphatic rings. The zero-order valence-electron chi connectivity index (χ0n) is 12.0. The number of aliphatic hydroxyl groups excluding tert-OH is 1. The molecule has 1 fully saturated rings. The van der Waals surface area contributed by atoms with Gasteiger partial charge in [-0.1, -0.05) is 48.7 Å². The molecular formula is C16H23Cl2NO. The van der Waals surface area contributed by atoms with Gasteiger partial charge in [0.2, 0.25) is 0 Å². The van der Waals surface area contributed by atoms with Crippen LogP contribution >= 0.6 is 23.2 Å². The standard InChI is InChI=1S/C16H23Cl2NO/c1-2-12-6-9-19(10-7-12)11-8-15(20)13-4-3-5-14(17)16(13)18/h3-5,12,15,20H,2,6-11H2,1H3. The van der Waals surface area contributed by atoms with Crippen LogP contribution in [0.1, 0.15) is 44.3 Å². The van der Waals surface area contributed by atoms with Crippen LogP contribution in [-0.2, 0) is 0 Å². The van der Waals surface area contributed by atoms with Crippen molar-refractivity contribution in [3.8, 4) is 0 Å². The first-order valence-electron chi connectivity index (χ1n) is 7.46. The highest BCUT2D eigenvalue weighted by Crippen LogP contribution is 2.31. The maximum atomic E-state index is 10.3. The van der Waals surface area contributed by atoms with Gasteiger partial charge in [-0.2, -0.15) is 0 Å². The molecule has 1 atom stereocenters. The summed E-state index contributed by atoms with van der Waals surface area (Å²) in [5.74, 6) is 0.888. The highest BCUT2D eigenvalue weighted by atomic mass is 35.5. The first kappa shape index (κ1) is 16.1. The van der Waals surface area contributed by atoms with Crippen LogP contribution in [0.2, 0.25) is 10.0 Å². The van der Waals surface area contributed by atoms with Crippen molar-refractivity contribution in [1.82, 2.24) is 4.90 Å². The van der Waals surface area contributed by atoms with Crippen molar-refractivity contribution in [2.75, 3.05) is 19.6 Å². The largest absolute Gasteiger partial charge is 0.388 e. The van der Waals surface area contributed by atoms with Crippen LogP contribution in [0.25, 0.3) is 0 Å². The topological polar surface area (TPSA) is 23.5 Å². The Balaban J connectivity index is 1.83. The zero-order valence-corrected chi connectivity index (χ0v) is 13.5. The molecule has 0 aliphatic carbocycles. The van der Waals surface area contributed by atoms with E-state index in [-0.39, 0.29) is 0 Å². The maximum absolute atomic E-state index is 10.3. The van der Waals surface area contributed by atoms with Gasteiger partial charge in [0.05, 0.1) is 16.1 Å². The van der Waals surface area contributed by atoms with Crippen molar-refractivity contribution in [2.24, 2.45) is 5.92 Å². The Bertz CT molecular complexity index is 430. The average Bonchev–Trinajstić information content (AvgIpc) is 2.48. The first-order chi connectivity index (χ1) is 9.61. The molecule has 0 amide bonds. The molecular weight excluding hydrogens is 293 g/mol. The highest BCUT2D eigenvalue weighted by molar-refractivity contribution is 6.42. The van der Waals surface area contributed by atoms with E-state index in [0.717, 1.165) is 31.1 Å². The number of likely N-dealkylation sites (tertiary alicyclic amines) is 1. The van der Waals surface area contributed by atoms with Crippen molar-refractivity contribution >= 4 is 23.2 Å². The Labute approximate surface area is 131 Å². The lowest BCUT2D eigenvalue weighted by molar-refractivity contribution is 0.122. The number of hydrogen-bond acceptors (Lipinski definition) is 2. The molecule has 2 nitrogen and oxygen atoms in total. The number of hydrogen-bond donors (Lipinski definition) is 1. The van der Waals surface area contributed by atoms with Gasteiger partial charge in [0.15, 0.2) is 0 Å². The fourth-order valence-electron chi connectivity index (χ4n) is 2.86. The Kier molecular flexibility index (Phi) is 6.16. The van der Waals surface area contributed by atoms with Crippen LogP contribution in [0, 0.1) is 5.92 Å². The Morgan fingerprint density at radius 3 is 2.65 bits per heavy atom. The third-order valence-electron chi connectivity index (χ3n) is 4.34. The van der Waals surface area contributed by atoms with E-state index in [2.05, 4.69) is 11.8 Å². The van der Waals surface area contributed by atoms with Crippen LogP contribution in [0.15, 0.2) is 18.2 Å². The summed E-state index contributed by atoms with van der Waals surface area (Å²) in [6, 6.07) is 5.43.